The Morgan fingerprint density at radius 2 is 0.484 bits per heavy atom. The monoisotopic (exact) mass is 802 g/mol. The first-order chi connectivity index (χ1) is 29.3. The number of rotatable bonds is 2. The number of fused-ring (bicyclic) bond motifs is 12. The zero-order chi connectivity index (χ0) is 43.4. The second-order valence-electron chi connectivity index (χ2n) is 22.5. The fourth-order valence-electron chi connectivity index (χ4n) is 11.0. The lowest BCUT2D eigenvalue weighted by atomic mass is 9.80. The topological polar surface area (TPSA) is 0 Å². The maximum atomic E-state index is 2.54. The van der Waals surface area contributed by atoms with Crippen molar-refractivity contribution in [3.63, 3.8) is 0 Å². The summed E-state index contributed by atoms with van der Waals surface area (Å²) < 4.78 is 0. The lowest BCUT2D eigenvalue weighted by molar-refractivity contribution is 0.590. The van der Waals surface area contributed by atoms with Crippen LogP contribution < -0.4 is 0 Å². The second-order valence-corrected chi connectivity index (χ2v) is 22.5. The summed E-state index contributed by atoms with van der Waals surface area (Å²) in [7, 11) is 0. The Labute approximate surface area is 367 Å². The van der Waals surface area contributed by atoms with Crippen LogP contribution in [-0.2, 0) is 21.7 Å². The van der Waals surface area contributed by atoms with Crippen LogP contribution in [0.5, 0.6) is 0 Å². The van der Waals surface area contributed by atoms with Crippen LogP contribution in [0, 0.1) is 0 Å². The summed E-state index contributed by atoms with van der Waals surface area (Å²) in [5, 5.41) is 21.7. The molecule has 306 valence electrons. The molecular weight excluding hydrogens is 745 g/mol. The van der Waals surface area contributed by atoms with Crippen molar-refractivity contribution in [2.24, 2.45) is 0 Å². The fraction of sp³-hybridized carbons (Fsp3) is 0.258. The summed E-state index contributed by atoms with van der Waals surface area (Å²) in [5.41, 5.74) is 10.8. The molecule has 62 heavy (non-hydrogen) atoms. The summed E-state index contributed by atoms with van der Waals surface area (Å²) in [5.74, 6) is 0. The van der Waals surface area contributed by atoms with Gasteiger partial charge in [-0.15, -0.1) is 0 Å². The zero-order valence-corrected chi connectivity index (χ0v) is 38.7. The molecule has 0 nitrogen and oxygen atoms in total. The number of hydrogen-bond donors (Lipinski definition) is 0. The quantitative estimate of drug-likeness (QED) is 0.121. The molecule has 0 heterocycles. The first kappa shape index (κ1) is 38.9. The van der Waals surface area contributed by atoms with E-state index in [4.69, 9.17) is 0 Å². The van der Waals surface area contributed by atoms with Gasteiger partial charge in [-0.1, -0.05) is 204 Å². The molecule has 0 fully saturated rings. The number of benzene rings is 9. The summed E-state index contributed by atoms with van der Waals surface area (Å²) in [4.78, 5) is 0. The average molecular weight is 803 g/mol. The Kier molecular flexibility index (Phi) is 8.03. The summed E-state index contributed by atoms with van der Waals surface area (Å²) in [6.45, 7) is 28.0. The lowest BCUT2D eigenvalue weighted by Crippen LogP contribution is -2.11. The van der Waals surface area contributed by atoms with Crippen molar-refractivity contribution in [2.75, 3.05) is 0 Å². The summed E-state index contributed by atoms with van der Waals surface area (Å²) >= 11 is 0. The minimum atomic E-state index is -0.0118. The molecule has 0 saturated heterocycles. The van der Waals surface area contributed by atoms with E-state index in [1.165, 1.54) is 131 Å². The first-order valence-corrected chi connectivity index (χ1v) is 22.8. The molecule has 0 radical (unpaired) electrons. The lowest BCUT2D eigenvalue weighted by Gasteiger charge is -2.24. The van der Waals surface area contributed by atoms with Crippen molar-refractivity contribution in [1.82, 2.24) is 0 Å². The van der Waals surface area contributed by atoms with Crippen molar-refractivity contribution in [3.8, 4) is 22.3 Å². The smallest absolute Gasteiger partial charge is 0.0000710 e. The third-order valence-electron chi connectivity index (χ3n) is 14.4. The van der Waals surface area contributed by atoms with E-state index < -0.39 is 0 Å². The fourth-order valence-corrected chi connectivity index (χ4v) is 11.0. The van der Waals surface area contributed by atoms with Crippen molar-refractivity contribution in [1.29, 1.82) is 0 Å². The largest absolute Gasteiger partial charge is 0.0616 e. The van der Waals surface area contributed by atoms with Gasteiger partial charge in [-0.2, -0.15) is 0 Å². The van der Waals surface area contributed by atoms with Gasteiger partial charge in [0, 0.05) is 0 Å². The van der Waals surface area contributed by atoms with Crippen molar-refractivity contribution < 1.29 is 0 Å². The molecule has 11 aromatic rings. The zero-order valence-electron chi connectivity index (χ0n) is 38.7. The van der Waals surface area contributed by atoms with Gasteiger partial charge >= 0.3 is 0 Å². The van der Waals surface area contributed by atoms with Crippen LogP contribution in [-0.4, -0.2) is 0 Å². The van der Waals surface area contributed by atoms with Crippen molar-refractivity contribution in [3.05, 3.63) is 156 Å². The maximum absolute atomic E-state index is 2.54. The molecule has 0 aromatic heterocycles. The highest BCUT2D eigenvalue weighted by Crippen LogP contribution is 2.58. The van der Waals surface area contributed by atoms with E-state index in [9.17, 15) is 0 Å². The Bertz CT molecular complexity index is 3360. The highest BCUT2D eigenvalue weighted by Gasteiger charge is 2.31. The van der Waals surface area contributed by atoms with Crippen LogP contribution >= 0.6 is 0 Å². The molecule has 0 spiro atoms. The van der Waals surface area contributed by atoms with E-state index in [0.29, 0.717) is 0 Å². The maximum Gasteiger partial charge on any atom is -0.0000710 e. The Morgan fingerprint density at radius 3 is 0.774 bits per heavy atom. The third kappa shape index (κ3) is 5.51. The third-order valence-corrected chi connectivity index (χ3v) is 14.4. The van der Waals surface area contributed by atoms with Crippen LogP contribution in [0.1, 0.15) is 105 Å². The molecule has 0 N–H and O–H groups in total. The second kappa shape index (κ2) is 12.8. The molecular formula is C62H58. The van der Waals surface area contributed by atoms with Crippen LogP contribution in [0.25, 0.3) is 108 Å². The van der Waals surface area contributed by atoms with Gasteiger partial charge in [0.25, 0.3) is 0 Å². The van der Waals surface area contributed by atoms with Gasteiger partial charge in [-0.05, 0) is 164 Å². The summed E-state index contributed by atoms with van der Waals surface area (Å²) in [6, 6.07) is 52.5. The first-order valence-electron chi connectivity index (χ1n) is 22.8. The average Bonchev–Trinajstić information content (AvgIpc) is 3.74. The molecule has 0 atom stereocenters. The standard InChI is InChI=1S/C62H58/c1-59(2,3)37-25-21-35(22-26-37)49-47-33-39(61(7,8)9)29-31-45(47)55-54-44-20-16-14-18-42(44)52-50(36-23-27-38(28-24-36)60(4,5)6)48-34-40(62(10,11)12)30-32-46(48)56(58(52)54)53-43-19-15-13-17-41(43)51(49)57(53)55/h13-34H,1-12H3. The van der Waals surface area contributed by atoms with Gasteiger partial charge in [0.05, 0.1) is 0 Å². The van der Waals surface area contributed by atoms with E-state index in [1.807, 2.05) is 0 Å². The minimum absolute atomic E-state index is 0.0118. The molecule has 11 aromatic carbocycles. The van der Waals surface area contributed by atoms with Gasteiger partial charge in [-0.25, -0.2) is 0 Å². The van der Waals surface area contributed by atoms with Crippen LogP contribution in [0.15, 0.2) is 133 Å². The van der Waals surface area contributed by atoms with Gasteiger partial charge in [-0.3, -0.25) is 0 Å². The molecule has 0 amide bonds. The molecule has 0 heteroatoms. The summed E-state index contributed by atoms with van der Waals surface area (Å²) in [6.07, 6.45) is 0. The molecule has 0 aliphatic carbocycles. The normalized spacial score (nSPS) is 13.5. The van der Waals surface area contributed by atoms with Crippen molar-refractivity contribution >= 4 is 86.2 Å². The molecule has 0 bridgehead atoms. The predicted molar refractivity (Wildman–Crippen MR) is 275 cm³/mol. The highest BCUT2D eigenvalue weighted by atomic mass is 14.3. The Hall–Kier alpha value is -5.98. The molecule has 0 aliphatic heterocycles. The van der Waals surface area contributed by atoms with Gasteiger partial charge in [0.15, 0.2) is 0 Å². The van der Waals surface area contributed by atoms with E-state index >= 15 is 0 Å². The van der Waals surface area contributed by atoms with Crippen molar-refractivity contribution in [2.45, 2.75) is 105 Å². The van der Waals surface area contributed by atoms with Crippen LogP contribution in [0.2, 0.25) is 0 Å². The molecule has 0 saturated carbocycles. The highest BCUT2D eigenvalue weighted by molar-refractivity contribution is 6.55. The SMILES string of the molecule is CC(C)(C)c1ccc(-c2c3cc(C(C)(C)C)ccc3c3c4c5ccccc5c5c(-c6ccc(C(C)(C)C)cc6)c6cc(C(C)(C)C)ccc6c(c6c7ccccc7c2c36)c54)cc1. The van der Waals surface area contributed by atoms with Gasteiger partial charge < -0.3 is 0 Å². The van der Waals surface area contributed by atoms with E-state index in [-0.39, 0.29) is 21.7 Å². The van der Waals surface area contributed by atoms with E-state index in [1.54, 1.807) is 0 Å². The van der Waals surface area contributed by atoms with E-state index in [0.717, 1.165) is 0 Å². The Morgan fingerprint density at radius 1 is 0.226 bits per heavy atom. The van der Waals surface area contributed by atoms with Gasteiger partial charge in [0.1, 0.15) is 0 Å². The van der Waals surface area contributed by atoms with Crippen LogP contribution in [0.3, 0.4) is 0 Å². The molecule has 11 rings (SSSR count). The van der Waals surface area contributed by atoms with E-state index in [2.05, 4.69) is 217 Å². The minimum Gasteiger partial charge on any atom is -0.0616 e. The molecule has 0 unspecified atom stereocenters. The predicted octanol–water partition coefficient (Wildman–Crippen LogP) is 18.3. The Balaban J connectivity index is 1.46. The molecule has 0 aliphatic rings. The van der Waals surface area contributed by atoms with Gasteiger partial charge in [0.2, 0.25) is 0 Å². The number of hydrogen-bond acceptors (Lipinski definition) is 0. The van der Waals surface area contributed by atoms with Crippen LogP contribution in [0.4, 0.5) is 0 Å².